The molecule has 0 unspecified atom stereocenters. The predicted octanol–water partition coefficient (Wildman–Crippen LogP) is 0.311. The van der Waals surface area contributed by atoms with Gasteiger partial charge in [0.2, 0.25) is 11.8 Å². The largest absolute Gasteiger partial charge is 0.359 e. The van der Waals surface area contributed by atoms with Crippen LogP contribution in [-0.4, -0.2) is 61.9 Å². The van der Waals surface area contributed by atoms with E-state index >= 15 is 0 Å². The molecule has 0 saturated carbocycles. The normalized spacial score (nSPS) is 18.8. The van der Waals surface area contributed by atoms with E-state index in [0.29, 0.717) is 12.3 Å². The highest BCUT2D eigenvalue weighted by atomic mass is 16.2. The lowest BCUT2D eigenvalue weighted by Gasteiger charge is -2.34. The molecule has 1 saturated heterocycles. The molecule has 5 nitrogen and oxygen atoms in total. The summed E-state index contributed by atoms with van der Waals surface area (Å²) in [4.78, 5) is 27.3. The van der Waals surface area contributed by atoms with E-state index in [0.717, 1.165) is 25.9 Å². The van der Waals surface area contributed by atoms with Crippen LogP contribution < -0.4 is 5.32 Å². The second-order valence-corrected chi connectivity index (χ2v) is 5.29. The second kappa shape index (κ2) is 6.73. The number of rotatable bonds is 4. The van der Waals surface area contributed by atoms with E-state index < -0.39 is 0 Å². The molecular weight excluding hydrogens is 230 g/mol. The van der Waals surface area contributed by atoms with E-state index in [9.17, 15) is 9.59 Å². The number of likely N-dealkylation sites (N-methyl/N-ethyl adjacent to an activating group) is 1. The Kier molecular flexibility index (Phi) is 5.59. The molecule has 1 aliphatic rings. The van der Waals surface area contributed by atoms with Crippen LogP contribution in [0.25, 0.3) is 0 Å². The summed E-state index contributed by atoms with van der Waals surface area (Å²) in [6.45, 7) is 3.48. The summed E-state index contributed by atoms with van der Waals surface area (Å²) < 4.78 is 0. The molecule has 1 N–H and O–H groups in total. The van der Waals surface area contributed by atoms with Crippen LogP contribution in [0.2, 0.25) is 0 Å². The molecule has 0 aliphatic carbocycles. The summed E-state index contributed by atoms with van der Waals surface area (Å²) in [5.74, 6) is 0.712. The molecule has 1 aliphatic heterocycles. The van der Waals surface area contributed by atoms with E-state index in [1.54, 1.807) is 7.05 Å². The third-order valence-electron chi connectivity index (χ3n) is 3.81. The minimum absolute atomic E-state index is 0.0690. The van der Waals surface area contributed by atoms with Crippen LogP contribution in [0.5, 0.6) is 0 Å². The fraction of sp³-hybridized carbons (Fsp3) is 0.846. The maximum absolute atomic E-state index is 12.1. The Balaban J connectivity index is 2.39. The Labute approximate surface area is 110 Å². The quantitative estimate of drug-likeness (QED) is 0.786. The van der Waals surface area contributed by atoms with Crippen LogP contribution >= 0.6 is 0 Å². The van der Waals surface area contributed by atoms with E-state index in [1.165, 1.54) is 0 Å². The predicted molar refractivity (Wildman–Crippen MR) is 71.1 cm³/mol. The zero-order valence-electron chi connectivity index (χ0n) is 11.9. The van der Waals surface area contributed by atoms with Gasteiger partial charge in [0.1, 0.15) is 0 Å². The summed E-state index contributed by atoms with van der Waals surface area (Å²) in [6.07, 6.45) is 2.44. The lowest BCUT2D eigenvalue weighted by atomic mass is 9.93. The van der Waals surface area contributed by atoms with Gasteiger partial charge in [-0.25, -0.2) is 0 Å². The minimum Gasteiger partial charge on any atom is -0.359 e. The van der Waals surface area contributed by atoms with Gasteiger partial charge in [0, 0.05) is 26.6 Å². The number of nitrogens with zero attached hydrogens (tertiary/aromatic N) is 2. The van der Waals surface area contributed by atoms with Crippen LogP contribution in [-0.2, 0) is 9.59 Å². The number of carbonyl (C=O) groups excluding carboxylic acids is 2. The molecule has 2 amide bonds. The van der Waals surface area contributed by atoms with Gasteiger partial charge in [0.05, 0.1) is 6.04 Å². The summed E-state index contributed by atoms with van der Waals surface area (Å²) >= 11 is 0. The van der Waals surface area contributed by atoms with Crippen LogP contribution in [0.4, 0.5) is 0 Å². The third-order valence-corrected chi connectivity index (χ3v) is 3.81. The maximum Gasteiger partial charge on any atom is 0.239 e. The van der Waals surface area contributed by atoms with Gasteiger partial charge in [-0.2, -0.15) is 0 Å². The number of amides is 2. The Morgan fingerprint density at radius 2 is 1.89 bits per heavy atom. The van der Waals surface area contributed by atoms with Crippen LogP contribution in [0.15, 0.2) is 0 Å². The molecule has 1 fully saturated rings. The molecular formula is C13H25N3O2. The van der Waals surface area contributed by atoms with Crippen molar-refractivity contribution in [1.29, 1.82) is 0 Å². The number of carbonyl (C=O) groups is 2. The zero-order chi connectivity index (χ0) is 13.7. The molecule has 1 atom stereocenters. The molecule has 1 heterocycles. The first kappa shape index (κ1) is 15.0. The lowest BCUT2D eigenvalue weighted by Crippen LogP contribution is -2.47. The van der Waals surface area contributed by atoms with Crippen molar-refractivity contribution in [3.05, 3.63) is 0 Å². The zero-order valence-corrected chi connectivity index (χ0v) is 11.9. The number of hydrogen-bond acceptors (Lipinski definition) is 3. The molecule has 0 aromatic carbocycles. The lowest BCUT2D eigenvalue weighted by molar-refractivity contribution is -0.137. The van der Waals surface area contributed by atoms with Crippen molar-refractivity contribution in [3.8, 4) is 0 Å². The molecule has 18 heavy (non-hydrogen) atoms. The van der Waals surface area contributed by atoms with Gasteiger partial charge in [-0.3, -0.25) is 14.5 Å². The number of likely N-dealkylation sites (tertiary alicyclic amines) is 1. The first-order valence-corrected chi connectivity index (χ1v) is 6.61. The van der Waals surface area contributed by atoms with Gasteiger partial charge in [-0.15, -0.1) is 0 Å². The average Bonchev–Trinajstić information content (AvgIpc) is 2.37. The van der Waals surface area contributed by atoms with Gasteiger partial charge < -0.3 is 10.2 Å². The minimum atomic E-state index is -0.0690. The molecule has 0 radical (unpaired) electrons. The number of piperidine rings is 1. The Hall–Kier alpha value is -1.10. The van der Waals surface area contributed by atoms with Crippen LogP contribution in [0, 0.1) is 5.92 Å². The number of hydrogen-bond donors (Lipinski definition) is 1. The van der Waals surface area contributed by atoms with Gasteiger partial charge in [0.15, 0.2) is 0 Å². The van der Waals surface area contributed by atoms with Crippen molar-refractivity contribution in [2.45, 2.75) is 32.2 Å². The standard InChI is InChI=1S/C13H25N3O2/c1-10(15(3)4)13(18)16-7-5-11(6-8-16)9-12(17)14-2/h10-11H,5-9H2,1-4H3,(H,14,17)/t10-/m1/s1. The highest BCUT2D eigenvalue weighted by Crippen LogP contribution is 2.21. The van der Waals surface area contributed by atoms with Gasteiger partial charge in [0.25, 0.3) is 0 Å². The maximum atomic E-state index is 12.1. The highest BCUT2D eigenvalue weighted by Gasteiger charge is 2.27. The Morgan fingerprint density at radius 1 is 1.33 bits per heavy atom. The van der Waals surface area contributed by atoms with Crippen LogP contribution in [0.1, 0.15) is 26.2 Å². The molecule has 0 aromatic rings. The van der Waals surface area contributed by atoms with Gasteiger partial charge in [-0.05, 0) is 39.8 Å². The van der Waals surface area contributed by atoms with Crippen molar-refractivity contribution in [3.63, 3.8) is 0 Å². The molecule has 104 valence electrons. The highest BCUT2D eigenvalue weighted by molar-refractivity contribution is 5.81. The van der Waals surface area contributed by atoms with Gasteiger partial charge >= 0.3 is 0 Å². The van der Waals surface area contributed by atoms with Crippen molar-refractivity contribution in [2.24, 2.45) is 5.92 Å². The van der Waals surface area contributed by atoms with E-state index in [-0.39, 0.29) is 17.9 Å². The smallest absolute Gasteiger partial charge is 0.239 e. The van der Waals surface area contributed by atoms with E-state index in [4.69, 9.17) is 0 Å². The number of nitrogens with one attached hydrogen (secondary N) is 1. The summed E-state index contributed by atoms with van der Waals surface area (Å²) in [5.41, 5.74) is 0. The third kappa shape index (κ3) is 3.98. The van der Waals surface area contributed by atoms with E-state index in [2.05, 4.69) is 5.32 Å². The monoisotopic (exact) mass is 255 g/mol. The topological polar surface area (TPSA) is 52.7 Å². The molecule has 1 rings (SSSR count). The fourth-order valence-corrected chi connectivity index (χ4v) is 2.21. The first-order valence-electron chi connectivity index (χ1n) is 6.61. The summed E-state index contributed by atoms with van der Waals surface area (Å²) in [6, 6.07) is -0.0690. The first-order chi connectivity index (χ1) is 8.45. The SMILES string of the molecule is CNC(=O)CC1CCN(C(=O)[C@@H](C)N(C)C)CC1. The van der Waals surface area contributed by atoms with Crippen LogP contribution in [0.3, 0.4) is 0 Å². The molecule has 0 spiro atoms. The average molecular weight is 255 g/mol. The Bertz CT molecular complexity index is 297. The van der Waals surface area contributed by atoms with Gasteiger partial charge in [-0.1, -0.05) is 0 Å². The molecule has 5 heteroatoms. The summed E-state index contributed by atoms with van der Waals surface area (Å²) in [7, 11) is 5.50. The van der Waals surface area contributed by atoms with Crippen molar-refractivity contribution < 1.29 is 9.59 Å². The van der Waals surface area contributed by atoms with Crippen molar-refractivity contribution in [1.82, 2.24) is 15.1 Å². The fourth-order valence-electron chi connectivity index (χ4n) is 2.21. The van der Waals surface area contributed by atoms with Crippen molar-refractivity contribution >= 4 is 11.8 Å². The van der Waals surface area contributed by atoms with E-state index in [1.807, 2.05) is 30.8 Å². The second-order valence-electron chi connectivity index (χ2n) is 5.29. The molecule has 0 aromatic heterocycles. The molecule has 0 bridgehead atoms. The Morgan fingerprint density at radius 3 is 2.33 bits per heavy atom. The van der Waals surface area contributed by atoms with Crippen molar-refractivity contribution in [2.75, 3.05) is 34.2 Å². The summed E-state index contributed by atoms with van der Waals surface area (Å²) in [5, 5.41) is 2.65.